The Labute approximate surface area is 69.3 Å². The largest absolute Gasteiger partial charge is 0.378 e. The summed E-state index contributed by atoms with van der Waals surface area (Å²) in [6.07, 6.45) is 3.36. The van der Waals surface area contributed by atoms with E-state index in [9.17, 15) is 0 Å². The van der Waals surface area contributed by atoms with Crippen LogP contribution in [-0.2, 0) is 0 Å². The van der Waals surface area contributed by atoms with Crippen LogP contribution in [0, 0.1) is 0 Å². The van der Waals surface area contributed by atoms with Crippen LogP contribution in [0.25, 0.3) is 0 Å². The molecule has 0 unspecified atom stereocenters. The Balaban J connectivity index is 2.60. The number of aliphatic imine (C=N–C) groups is 1. The van der Waals surface area contributed by atoms with Crippen molar-refractivity contribution in [3.05, 3.63) is 6.33 Å². The molecule has 1 aliphatic rings. The van der Waals surface area contributed by atoms with E-state index in [4.69, 9.17) is 5.73 Å². The van der Waals surface area contributed by atoms with Gasteiger partial charge >= 0.3 is 0 Å². The second-order valence-electron chi connectivity index (χ2n) is 2.42. The summed E-state index contributed by atoms with van der Waals surface area (Å²) in [6.45, 7) is 4.28. The Bertz CT molecular complexity index is 368. The minimum Gasteiger partial charge on any atom is -0.378 e. The molecule has 0 fully saturated rings. The molecule has 60 valence electrons. The van der Waals surface area contributed by atoms with E-state index in [1.807, 2.05) is 10.8 Å². The van der Waals surface area contributed by atoms with Crippen molar-refractivity contribution in [3.8, 4) is 0 Å². The summed E-state index contributed by atoms with van der Waals surface area (Å²) in [5.74, 6) is 0.984. The highest BCUT2D eigenvalue weighted by molar-refractivity contribution is 5.74. The van der Waals surface area contributed by atoms with Crippen LogP contribution in [0.15, 0.2) is 11.3 Å². The molecule has 5 heteroatoms. The summed E-state index contributed by atoms with van der Waals surface area (Å²) in [4.78, 5) is 11.6. The minimum atomic E-state index is 0.446. The number of nitrogen functional groups attached to an aromatic ring is 1. The normalized spacial score (nSPS) is 13.8. The monoisotopic (exact) mass is 162 g/mol. The van der Waals surface area contributed by atoms with Crippen LogP contribution < -0.4 is 5.73 Å². The third kappa shape index (κ3) is 0.952. The molecule has 2 rings (SSSR count). The first-order valence-corrected chi connectivity index (χ1v) is 3.50. The lowest BCUT2D eigenvalue weighted by molar-refractivity contribution is -0.339. The molecule has 2 N–H and O–H groups in total. The molecule has 1 aromatic heterocycles. The fraction of sp³-hybridized carbons (Fsp3) is 0.143. The van der Waals surface area contributed by atoms with Crippen LogP contribution in [0.4, 0.5) is 17.3 Å². The van der Waals surface area contributed by atoms with E-state index < -0.39 is 0 Å². The van der Waals surface area contributed by atoms with Crippen molar-refractivity contribution in [2.75, 3.05) is 12.3 Å². The van der Waals surface area contributed by atoms with Gasteiger partial charge in [-0.25, -0.2) is 15.0 Å². The van der Waals surface area contributed by atoms with Gasteiger partial charge in [-0.3, -0.25) is 0 Å². The Morgan fingerprint density at radius 3 is 2.92 bits per heavy atom. The molecule has 0 radical (unpaired) electrons. The van der Waals surface area contributed by atoms with Gasteiger partial charge < -0.3 is 5.73 Å². The van der Waals surface area contributed by atoms with E-state index >= 15 is 0 Å². The lowest BCUT2D eigenvalue weighted by atomic mass is 10.4. The maximum absolute atomic E-state index is 5.64. The number of nitrogens with zero attached hydrogens (tertiary/aromatic N) is 4. The molecule has 5 nitrogen and oxygen atoms in total. The Kier molecular flexibility index (Phi) is 1.36. The third-order valence-corrected chi connectivity index (χ3v) is 1.63. The van der Waals surface area contributed by atoms with E-state index in [2.05, 4.69) is 21.7 Å². The molecule has 0 atom stereocenters. The summed E-state index contributed by atoms with van der Waals surface area (Å²) in [5.41, 5.74) is 6.39. The second-order valence-corrected chi connectivity index (χ2v) is 2.42. The average molecular weight is 162 g/mol. The quantitative estimate of drug-likeness (QED) is 0.496. The first kappa shape index (κ1) is 6.90. The predicted octanol–water partition coefficient (Wildman–Crippen LogP) is 0.119. The molecule has 0 aromatic carbocycles. The summed E-state index contributed by atoms with van der Waals surface area (Å²) in [7, 11) is 0. The Morgan fingerprint density at radius 1 is 1.58 bits per heavy atom. The zero-order valence-corrected chi connectivity index (χ0v) is 6.44. The van der Waals surface area contributed by atoms with Gasteiger partial charge in [-0.1, -0.05) is 0 Å². The smallest absolute Gasteiger partial charge is 0.293 e. The molecule has 0 spiro atoms. The van der Waals surface area contributed by atoms with Crippen molar-refractivity contribution in [1.82, 2.24) is 9.97 Å². The Hall–Kier alpha value is -1.78. The maximum Gasteiger partial charge on any atom is 0.293 e. The Morgan fingerprint density at radius 2 is 2.33 bits per heavy atom. The van der Waals surface area contributed by atoms with Crippen molar-refractivity contribution in [3.63, 3.8) is 0 Å². The zero-order chi connectivity index (χ0) is 8.55. The van der Waals surface area contributed by atoms with Crippen molar-refractivity contribution in [2.45, 2.75) is 0 Å². The van der Waals surface area contributed by atoms with Crippen LogP contribution in [0.1, 0.15) is 0 Å². The fourth-order valence-corrected chi connectivity index (χ4v) is 0.997. The maximum atomic E-state index is 5.64. The van der Waals surface area contributed by atoms with E-state index in [0.717, 1.165) is 12.2 Å². The van der Waals surface area contributed by atoms with Crippen molar-refractivity contribution in [2.24, 2.45) is 4.99 Å². The SMILES string of the molecule is C=Nc1ncnc(N)c1[N+]1=CC1. The molecule has 0 aliphatic carbocycles. The van der Waals surface area contributed by atoms with Crippen LogP contribution in [0.5, 0.6) is 0 Å². The van der Waals surface area contributed by atoms with Gasteiger partial charge in [-0.15, -0.1) is 0 Å². The number of hydrogen-bond acceptors (Lipinski definition) is 4. The number of rotatable bonds is 2. The minimum absolute atomic E-state index is 0.446. The van der Waals surface area contributed by atoms with Gasteiger partial charge in [-0.05, 0) is 6.72 Å². The molecule has 0 amide bonds. The van der Waals surface area contributed by atoms with Gasteiger partial charge in [-0.2, -0.15) is 4.58 Å². The topological polar surface area (TPSA) is 67.2 Å². The molecular formula is C7H8N5+. The fourth-order valence-electron chi connectivity index (χ4n) is 0.997. The molecule has 12 heavy (non-hydrogen) atoms. The average Bonchev–Trinajstić information content (AvgIpc) is 2.87. The van der Waals surface area contributed by atoms with Crippen LogP contribution in [-0.4, -0.2) is 34.0 Å². The zero-order valence-electron chi connectivity index (χ0n) is 6.44. The van der Waals surface area contributed by atoms with Gasteiger partial charge in [0.25, 0.3) is 5.69 Å². The van der Waals surface area contributed by atoms with E-state index in [1.54, 1.807) is 0 Å². The van der Waals surface area contributed by atoms with Crippen LogP contribution in [0.3, 0.4) is 0 Å². The van der Waals surface area contributed by atoms with E-state index in [-0.39, 0.29) is 0 Å². The first-order chi connectivity index (χ1) is 5.83. The van der Waals surface area contributed by atoms with Crippen molar-refractivity contribution >= 4 is 30.3 Å². The molecule has 0 bridgehead atoms. The predicted molar refractivity (Wildman–Crippen MR) is 46.5 cm³/mol. The van der Waals surface area contributed by atoms with Crippen LogP contribution >= 0.6 is 0 Å². The van der Waals surface area contributed by atoms with Crippen LogP contribution in [0.2, 0.25) is 0 Å². The molecule has 1 aromatic rings. The highest BCUT2D eigenvalue weighted by Crippen LogP contribution is 2.30. The van der Waals surface area contributed by atoms with Gasteiger partial charge in [0.05, 0.1) is 0 Å². The summed E-state index contributed by atoms with van der Waals surface area (Å²) in [5, 5.41) is 0. The third-order valence-electron chi connectivity index (χ3n) is 1.63. The molecule has 0 saturated carbocycles. The van der Waals surface area contributed by atoms with Gasteiger partial charge in [0, 0.05) is 0 Å². The number of hydrogen-bond donors (Lipinski definition) is 1. The summed E-state index contributed by atoms with van der Waals surface area (Å²) < 4.78 is 1.93. The lowest BCUT2D eigenvalue weighted by Gasteiger charge is -1.95. The number of nitrogens with two attached hydrogens (primary N) is 1. The number of aromatic nitrogens is 2. The summed E-state index contributed by atoms with van der Waals surface area (Å²) >= 11 is 0. The molecule has 1 aliphatic heterocycles. The van der Waals surface area contributed by atoms with Crippen molar-refractivity contribution in [1.29, 1.82) is 0 Å². The standard InChI is InChI=1S/C7H8N5/c1-9-7-5(12-2-3-12)6(8)10-4-11-7/h2,4H,1,3H2,(H2,8,10,11)/q+1. The molecular weight excluding hydrogens is 154 g/mol. The van der Waals surface area contributed by atoms with E-state index in [0.29, 0.717) is 11.6 Å². The summed E-state index contributed by atoms with van der Waals surface area (Å²) in [6, 6.07) is 0. The van der Waals surface area contributed by atoms with Gasteiger partial charge in [0.1, 0.15) is 6.33 Å². The highest BCUT2D eigenvalue weighted by Gasteiger charge is 2.28. The highest BCUT2D eigenvalue weighted by atomic mass is 15.2. The second kappa shape index (κ2) is 2.37. The first-order valence-electron chi connectivity index (χ1n) is 3.50. The van der Waals surface area contributed by atoms with E-state index in [1.165, 1.54) is 6.33 Å². The number of anilines is 1. The lowest BCUT2D eigenvalue weighted by Crippen LogP contribution is -1.96. The molecule has 2 heterocycles. The van der Waals surface area contributed by atoms with Gasteiger partial charge in [0.15, 0.2) is 0 Å². The molecule has 0 saturated heterocycles. The van der Waals surface area contributed by atoms with Gasteiger partial charge in [0.2, 0.25) is 24.4 Å². The van der Waals surface area contributed by atoms with Crippen molar-refractivity contribution < 1.29 is 4.58 Å².